The second-order valence-electron chi connectivity index (χ2n) is 5.25. The van der Waals surface area contributed by atoms with Gasteiger partial charge in [-0.25, -0.2) is 0 Å². The molecule has 1 heterocycles. The van der Waals surface area contributed by atoms with Crippen molar-refractivity contribution in [2.75, 3.05) is 0 Å². The molecule has 2 heteroatoms. The maximum atomic E-state index is 4.77. The van der Waals surface area contributed by atoms with Gasteiger partial charge >= 0.3 is 0 Å². The number of unbranched alkanes of at least 4 members (excludes halogenated alkanes) is 3. The van der Waals surface area contributed by atoms with Crippen molar-refractivity contribution in [3.63, 3.8) is 0 Å². The molecule has 1 rings (SSSR count). The molecule has 0 amide bonds. The molecule has 0 radical (unpaired) electrons. The Morgan fingerprint density at radius 3 is 2.21 bits per heavy atom. The van der Waals surface area contributed by atoms with Gasteiger partial charge in [0.25, 0.3) is 0 Å². The Morgan fingerprint density at radius 2 is 1.68 bits per heavy atom. The van der Waals surface area contributed by atoms with Crippen LogP contribution in [0.5, 0.6) is 0 Å². The summed E-state index contributed by atoms with van der Waals surface area (Å²) in [6.45, 7) is 8.57. The van der Waals surface area contributed by atoms with E-state index in [-0.39, 0.29) is 0 Å². The Labute approximate surface area is 123 Å². The Morgan fingerprint density at radius 1 is 1.05 bits per heavy atom. The second kappa shape index (κ2) is 8.42. The normalized spacial score (nSPS) is 12.5. The van der Waals surface area contributed by atoms with Crippen molar-refractivity contribution in [2.45, 2.75) is 66.2 Å². The predicted molar refractivity (Wildman–Crippen MR) is 88.7 cm³/mol. The lowest BCUT2D eigenvalue weighted by atomic mass is 10.0. The number of pyridine rings is 1. The van der Waals surface area contributed by atoms with Crippen molar-refractivity contribution >= 4 is 17.5 Å². The van der Waals surface area contributed by atoms with E-state index in [0.29, 0.717) is 0 Å². The molecule has 0 unspecified atom stereocenters. The van der Waals surface area contributed by atoms with Gasteiger partial charge in [-0.2, -0.15) is 0 Å². The summed E-state index contributed by atoms with van der Waals surface area (Å²) in [6.07, 6.45) is 7.51. The summed E-state index contributed by atoms with van der Waals surface area (Å²) in [5.41, 5.74) is 4.84. The summed E-state index contributed by atoms with van der Waals surface area (Å²) in [5, 5.41) is 0. The number of thiol groups is 1. The van der Waals surface area contributed by atoms with Crippen LogP contribution >= 0.6 is 12.6 Å². The van der Waals surface area contributed by atoms with Gasteiger partial charge in [0.1, 0.15) is 0 Å². The predicted octanol–water partition coefficient (Wildman–Crippen LogP) is 5.72. The summed E-state index contributed by atoms with van der Waals surface area (Å²) < 4.78 is 0. The fourth-order valence-electron chi connectivity index (χ4n) is 2.40. The molecule has 0 saturated heterocycles. The van der Waals surface area contributed by atoms with E-state index in [0.717, 1.165) is 22.7 Å². The van der Waals surface area contributed by atoms with Gasteiger partial charge in [-0.3, -0.25) is 4.98 Å². The highest BCUT2D eigenvalue weighted by atomic mass is 32.1. The number of allylic oxidation sites excluding steroid dienone is 1. The van der Waals surface area contributed by atoms with Crippen molar-refractivity contribution in [1.29, 1.82) is 0 Å². The summed E-state index contributed by atoms with van der Waals surface area (Å²) in [5.74, 6) is 0. The number of rotatable bonds is 7. The molecule has 0 saturated carbocycles. The first-order valence-corrected chi connectivity index (χ1v) is 7.89. The van der Waals surface area contributed by atoms with E-state index >= 15 is 0 Å². The van der Waals surface area contributed by atoms with Crippen LogP contribution in [0, 0.1) is 13.8 Å². The Balaban J connectivity index is 2.83. The molecule has 1 aromatic rings. The summed E-state index contributed by atoms with van der Waals surface area (Å²) >= 11 is 4.77. The average molecular weight is 277 g/mol. The highest BCUT2D eigenvalue weighted by molar-refractivity contribution is 7.90. The van der Waals surface area contributed by atoms with E-state index in [1.165, 1.54) is 43.2 Å². The topological polar surface area (TPSA) is 12.9 Å². The van der Waals surface area contributed by atoms with Gasteiger partial charge in [-0.05, 0) is 50.8 Å². The average Bonchev–Trinajstić information content (AvgIpc) is 2.37. The molecule has 1 nitrogen and oxygen atoms in total. The molecule has 0 bridgehead atoms. The fraction of sp³-hybridized carbons (Fsp3) is 0.588. The SMILES string of the molecule is CCCCCC/C(CC)=C(/S)c1cc(C)nc(C)c1. The van der Waals surface area contributed by atoms with Crippen molar-refractivity contribution < 1.29 is 0 Å². The molecule has 0 aromatic carbocycles. The number of hydrogen-bond donors (Lipinski definition) is 1. The maximum absolute atomic E-state index is 4.77. The first-order chi connectivity index (χ1) is 9.08. The molecular weight excluding hydrogens is 250 g/mol. The van der Waals surface area contributed by atoms with Gasteiger partial charge in [-0.1, -0.05) is 38.7 Å². The lowest BCUT2D eigenvalue weighted by molar-refractivity contribution is 0.659. The quantitative estimate of drug-likeness (QED) is 0.497. The molecule has 0 aliphatic rings. The summed E-state index contributed by atoms with van der Waals surface area (Å²) in [6, 6.07) is 4.27. The van der Waals surface area contributed by atoms with E-state index in [1.54, 1.807) is 0 Å². The maximum Gasteiger partial charge on any atom is 0.0382 e. The van der Waals surface area contributed by atoms with Gasteiger partial charge in [0, 0.05) is 16.3 Å². The standard InChI is InChI=1S/C17H27NS/c1-5-7-8-9-10-15(6-2)17(19)16-11-13(3)18-14(4)12-16/h11-12,19H,5-10H2,1-4H3/b17-15+. The molecule has 106 valence electrons. The Bertz CT molecular complexity index is 415. The molecule has 0 atom stereocenters. The van der Waals surface area contributed by atoms with Gasteiger partial charge in [0.05, 0.1) is 0 Å². The van der Waals surface area contributed by atoms with Gasteiger partial charge in [0.15, 0.2) is 0 Å². The van der Waals surface area contributed by atoms with E-state index in [1.807, 2.05) is 13.8 Å². The second-order valence-corrected chi connectivity index (χ2v) is 5.70. The van der Waals surface area contributed by atoms with Crippen LogP contribution in [-0.4, -0.2) is 4.98 Å². The lowest BCUT2D eigenvalue weighted by Crippen LogP contribution is -1.92. The third-order valence-corrected chi connectivity index (χ3v) is 4.02. The van der Waals surface area contributed by atoms with Gasteiger partial charge in [0.2, 0.25) is 0 Å². The molecule has 0 aliphatic carbocycles. The fourth-order valence-corrected chi connectivity index (χ4v) is 2.80. The van der Waals surface area contributed by atoms with E-state index in [4.69, 9.17) is 12.6 Å². The van der Waals surface area contributed by atoms with Gasteiger partial charge in [-0.15, -0.1) is 12.6 Å². The van der Waals surface area contributed by atoms with Crippen LogP contribution in [0.1, 0.15) is 69.3 Å². The number of aromatic nitrogens is 1. The van der Waals surface area contributed by atoms with Crippen molar-refractivity contribution in [3.8, 4) is 0 Å². The van der Waals surface area contributed by atoms with Crippen molar-refractivity contribution in [2.24, 2.45) is 0 Å². The van der Waals surface area contributed by atoms with E-state index < -0.39 is 0 Å². The molecule has 0 aliphatic heterocycles. The van der Waals surface area contributed by atoms with Crippen LogP contribution < -0.4 is 0 Å². The molecule has 0 fully saturated rings. The van der Waals surface area contributed by atoms with Crippen LogP contribution in [0.15, 0.2) is 17.7 Å². The smallest absolute Gasteiger partial charge is 0.0382 e. The minimum Gasteiger partial charge on any atom is -0.258 e. The molecular formula is C17H27NS. The van der Waals surface area contributed by atoms with Gasteiger partial charge < -0.3 is 0 Å². The molecule has 19 heavy (non-hydrogen) atoms. The molecule has 0 N–H and O–H groups in total. The number of nitrogens with zero attached hydrogens (tertiary/aromatic N) is 1. The third-order valence-electron chi connectivity index (χ3n) is 3.45. The largest absolute Gasteiger partial charge is 0.258 e. The first-order valence-electron chi connectivity index (χ1n) is 7.45. The Kier molecular flexibility index (Phi) is 7.22. The number of hydrogen-bond acceptors (Lipinski definition) is 2. The minimum absolute atomic E-state index is 1.07. The van der Waals surface area contributed by atoms with E-state index in [2.05, 4.69) is 31.0 Å². The Hall–Kier alpha value is -0.760. The molecule has 0 spiro atoms. The monoisotopic (exact) mass is 277 g/mol. The zero-order chi connectivity index (χ0) is 14.3. The minimum atomic E-state index is 1.07. The summed E-state index contributed by atoms with van der Waals surface area (Å²) in [7, 11) is 0. The van der Waals surface area contributed by atoms with Crippen LogP contribution in [0.4, 0.5) is 0 Å². The highest BCUT2D eigenvalue weighted by Crippen LogP contribution is 2.28. The van der Waals surface area contributed by atoms with Crippen molar-refractivity contribution in [3.05, 3.63) is 34.7 Å². The molecule has 1 aromatic heterocycles. The third kappa shape index (κ3) is 5.40. The van der Waals surface area contributed by atoms with Crippen LogP contribution in [0.25, 0.3) is 4.91 Å². The van der Waals surface area contributed by atoms with Crippen molar-refractivity contribution in [1.82, 2.24) is 4.98 Å². The zero-order valence-corrected chi connectivity index (χ0v) is 13.7. The number of aryl methyl sites for hydroxylation is 2. The van der Waals surface area contributed by atoms with Crippen LogP contribution in [0.3, 0.4) is 0 Å². The first kappa shape index (κ1) is 16.3. The summed E-state index contributed by atoms with van der Waals surface area (Å²) in [4.78, 5) is 5.59. The highest BCUT2D eigenvalue weighted by Gasteiger charge is 2.06. The van der Waals surface area contributed by atoms with E-state index in [9.17, 15) is 0 Å². The van der Waals surface area contributed by atoms with Crippen LogP contribution in [-0.2, 0) is 0 Å². The van der Waals surface area contributed by atoms with Crippen LogP contribution in [0.2, 0.25) is 0 Å². The zero-order valence-electron chi connectivity index (χ0n) is 12.8. The lowest BCUT2D eigenvalue weighted by Gasteiger charge is -2.11.